The lowest BCUT2D eigenvalue weighted by atomic mass is 10.1. The van der Waals surface area contributed by atoms with Crippen molar-refractivity contribution < 1.29 is 4.79 Å². The number of thiocarbonyl (C=S) groups is 1. The lowest BCUT2D eigenvalue weighted by Crippen LogP contribution is -2.42. The van der Waals surface area contributed by atoms with Gasteiger partial charge in [0.15, 0.2) is 0 Å². The third-order valence-corrected chi connectivity index (χ3v) is 4.19. The molecule has 1 unspecified atom stereocenters. The fourth-order valence-electron chi connectivity index (χ4n) is 2.21. The van der Waals surface area contributed by atoms with Crippen LogP contribution in [0.2, 0.25) is 0 Å². The highest BCUT2D eigenvalue weighted by molar-refractivity contribution is 7.98. The molecular weight excluding hydrogens is 264 g/mol. The molecular formula is C13H16N2OS2. The van der Waals surface area contributed by atoms with Crippen LogP contribution in [-0.4, -0.2) is 34.6 Å². The summed E-state index contributed by atoms with van der Waals surface area (Å²) in [6.45, 7) is 0.741. The second-order valence-electron chi connectivity index (χ2n) is 4.29. The second-order valence-corrected chi connectivity index (χ2v) is 5.64. The maximum absolute atomic E-state index is 12.4. The van der Waals surface area contributed by atoms with E-state index in [0.29, 0.717) is 10.6 Å². The lowest BCUT2D eigenvalue weighted by Gasteiger charge is -2.23. The minimum atomic E-state index is -0.0762. The molecule has 1 fully saturated rings. The molecule has 1 aromatic carbocycles. The van der Waals surface area contributed by atoms with Gasteiger partial charge in [-0.2, -0.15) is 0 Å². The summed E-state index contributed by atoms with van der Waals surface area (Å²) < 4.78 is 0. The molecule has 1 heterocycles. The molecule has 1 amide bonds. The predicted molar refractivity (Wildman–Crippen MR) is 79.1 cm³/mol. The van der Waals surface area contributed by atoms with Gasteiger partial charge in [0.1, 0.15) is 0 Å². The minimum absolute atomic E-state index is 0.0259. The van der Waals surface area contributed by atoms with Gasteiger partial charge in [-0.3, -0.25) is 4.79 Å². The average molecular weight is 280 g/mol. The van der Waals surface area contributed by atoms with Crippen molar-refractivity contribution in [1.29, 1.82) is 0 Å². The van der Waals surface area contributed by atoms with Crippen molar-refractivity contribution in [2.24, 2.45) is 5.73 Å². The number of hydrogen-bond acceptors (Lipinski definition) is 3. The molecule has 0 aromatic heterocycles. The minimum Gasteiger partial charge on any atom is -0.392 e. The van der Waals surface area contributed by atoms with Crippen LogP contribution in [0.3, 0.4) is 0 Å². The summed E-state index contributed by atoms with van der Waals surface area (Å²) >= 11 is 6.68. The summed E-state index contributed by atoms with van der Waals surface area (Å²) in [5.41, 5.74) is 6.39. The molecule has 3 nitrogen and oxygen atoms in total. The summed E-state index contributed by atoms with van der Waals surface area (Å²) in [4.78, 5) is 15.7. The zero-order chi connectivity index (χ0) is 13.1. The summed E-state index contributed by atoms with van der Waals surface area (Å²) in [5, 5.41) is 0. The van der Waals surface area contributed by atoms with Crippen LogP contribution in [0.1, 0.15) is 23.2 Å². The zero-order valence-corrected chi connectivity index (χ0v) is 11.9. The monoisotopic (exact) mass is 280 g/mol. The van der Waals surface area contributed by atoms with Gasteiger partial charge in [-0.05, 0) is 43.4 Å². The van der Waals surface area contributed by atoms with Gasteiger partial charge >= 0.3 is 0 Å². The number of rotatable bonds is 3. The molecule has 18 heavy (non-hydrogen) atoms. The quantitative estimate of drug-likeness (QED) is 0.682. The Kier molecular flexibility index (Phi) is 4.24. The van der Waals surface area contributed by atoms with E-state index in [4.69, 9.17) is 18.0 Å². The Morgan fingerprint density at radius 2 is 2.11 bits per heavy atom. The number of carbonyl (C=O) groups is 1. The third kappa shape index (κ3) is 2.67. The maximum atomic E-state index is 12.4. The molecule has 0 bridgehead atoms. The Bertz CT molecular complexity index is 459. The largest absolute Gasteiger partial charge is 0.392 e. The van der Waals surface area contributed by atoms with E-state index in [1.54, 1.807) is 16.7 Å². The number of nitrogens with zero attached hydrogens (tertiary/aromatic N) is 1. The molecule has 1 saturated heterocycles. The van der Waals surface area contributed by atoms with Gasteiger partial charge in [0.25, 0.3) is 5.91 Å². The summed E-state index contributed by atoms with van der Waals surface area (Å²) in [6, 6.07) is 7.58. The molecule has 1 aliphatic heterocycles. The first-order chi connectivity index (χ1) is 8.63. The van der Waals surface area contributed by atoms with Gasteiger partial charge < -0.3 is 10.6 Å². The van der Waals surface area contributed by atoms with Crippen molar-refractivity contribution in [3.8, 4) is 0 Å². The van der Waals surface area contributed by atoms with Crippen LogP contribution < -0.4 is 5.73 Å². The van der Waals surface area contributed by atoms with E-state index in [-0.39, 0.29) is 11.9 Å². The number of carbonyl (C=O) groups excluding carboxylic acids is 1. The van der Waals surface area contributed by atoms with Crippen molar-refractivity contribution in [2.75, 3.05) is 12.8 Å². The molecule has 0 saturated carbocycles. The number of amides is 1. The Hall–Kier alpha value is -1.07. The summed E-state index contributed by atoms with van der Waals surface area (Å²) in [6.07, 6.45) is 3.86. The van der Waals surface area contributed by atoms with Gasteiger partial charge in [-0.15, -0.1) is 11.8 Å². The van der Waals surface area contributed by atoms with E-state index in [0.717, 1.165) is 24.3 Å². The second kappa shape index (κ2) is 5.71. The van der Waals surface area contributed by atoms with Crippen molar-refractivity contribution >= 4 is 34.9 Å². The van der Waals surface area contributed by atoms with Crippen molar-refractivity contribution in [3.63, 3.8) is 0 Å². The van der Waals surface area contributed by atoms with Crippen LogP contribution in [0.4, 0.5) is 0 Å². The highest BCUT2D eigenvalue weighted by Gasteiger charge is 2.31. The zero-order valence-electron chi connectivity index (χ0n) is 10.3. The highest BCUT2D eigenvalue weighted by Crippen LogP contribution is 2.22. The number of likely N-dealkylation sites (tertiary alicyclic amines) is 1. The first-order valence-electron chi connectivity index (χ1n) is 5.88. The predicted octanol–water partition coefficient (Wildman–Crippen LogP) is 2.30. The summed E-state index contributed by atoms with van der Waals surface area (Å²) in [7, 11) is 0. The maximum Gasteiger partial charge on any atom is 0.254 e. The molecule has 0 aliphatic carbocycles. The van der Waals surface area contributed by atoms with Gasteiger partial charge in [-0.1, -0.05) is 12.2 Å². The number of benzene rings is 1. The van der Waals surface area contributed by atoms with Crippen LogP contribution in [0.25, 0.3) is 0 Å². The Labute approximate surface area is 117 Å². The smallest absolute Gasteiger partial charge is 0.254 e. The third-order valence-electron chi connectivity index (χ3n) is 3.18. The average Bonchev–Trinajstić information content (AvgIpc) is 2.87. The SMILES string of the molecule is CSc1ccc(C(=O)N2CCCC2C(N)=S)cc1. The topological polar surface area (TPSA) is 46.3 Å². The lowest BCUT2D eigenvalue weighted by molar-refractivity contribution is 0.0770. The number of nitrogens with two attached hydrogens (primary N) is 1. The Morgan fingerprint density at radius 1 is 1.44 bits per heavy atom. The normalized spacial score (nSPS) is 18.9. The van der Waals surface area contributed by atoms with E-state index in [1.165, 1.54) is 0 Å². The standard InChI is InChI=1S/C13H16N2OS2/c1-18-10-6-4-9(5-7-10)13(16)15-8-2-3-11(15)12(14)17/h4-7,11H,2-3,8H2,1H3,(H2,14,17). The Balaban J connectivity index is 2.17. The fraction of sp³-hybridized carbons (Fsp3) is 0.385. The van der Waals surface area contributed by atoms with E-state index < -0.39 is 0 Å². The number of hydrogen-bond donors (Lipinski definition) is 1. The van der Waals surface area contributed by atoms with Gasteiger partial charge in [0.05, 0.1) is 11.0 Å². The van der Waals surface area contributed by atoms with E-state index in [2.05, 4.69) is 0 Å². The molecule has 2 rings (SSSR count). The van der Waals surface area contributed by atoms with E-state index in [1.807, 2.05) is 30.5 Å². The van der Waals surface area contributed by atoms with E-state index in [9.17, 15) is 4.79 Å². The van der Waals surface area contributed by atoms with Crippen molar-refractivity contribution in [2.45, 2.75) is 23.8 Å². The van der Waals surface area contributed by atoms with Crippen LogP contribution in [-0.2, 0) is 0 Å². The van der Waals surface area contributed by atoms with Gasteiger partial charge in [-0.25, -0.2) is 0 Å². The molecule has 0 radical (unpaired) electrons. The van der Waals surface area contributed by atoms with Crippen molar-refractivity contribution in [1.82, 2.24) is 4.90 Å². The first kappa shape index (κ1) is 13.4. The fourth-order valence-corrected chi connectivity index (χ4v) is 2.86. The molecule has 2 N–H and O–H groups in total. The van der Waals surface area contributed by atoms with Crippen LogP contribution >= 0.6 is 24.0 Å². The highest BCUT2D eigenvalue weighted by atomic mass is 32.2. The molecule has 1 aliphatic rings. The van der Waals surface area contributed by atoms with Gasteiger partial charge in [0, 0.05) is 17.0 Å². The van der Waals surface area contributed by atoms with E-state index >= 15 is 0 Å². The molecule has 0 spiro atoms. The molecule has 1 aromatic rings. The molecule has 96 valence electrons. The summed E-state index contributed by atoms with van der Waals surface area (Å²) in [5.74, 6) is 0.0259. The number of thioether (sulfide) groups is 1. The van der Waals surface area contributed by atoms with Crippen LogP contribution in [0.5, 0.6) is 0 Å². The Morgan fingerprint density at radius 3 is 2.67 bits per heavy atom. The van der Waals surface area contributed by atoms with Crippen LogP contribution in [0, 0.1) is 0 Å². The molecule has 5 heteroatoms. The van der Waals surface area contributed by atoms with Gasteiger partial charge in [0.2, 0.25) is 0 Å². The first-order valence-corrected chi connectivity index (χ1v) is 7.51. The molecule has 1 atom stereocenters. The van der Waals surface area contributed by atoms with Crippen molar-refractivity contribution in [3.05, 3.63) is 29.8 Å². The van der Waals surface area contributed by atoms with Crippen LogP contribution in [0.15, 0.2) is 29.2 Å².